The van der Waals surface area contributed by atoms with E-state index in [9.17, 15) is 4.39 Å². The molecule has 14 heavy (non-hydrogen) atoms. The molecular formula is C8H13FN4O. The lowest BCUT2D eigenvalue weighted by Crippen LogP contribution is -2.09. The van der Waals surface area contributed by atoms with Crippen molar-refractivity contribution in [2.24, 2.45) is 0 Å². The van der Waals surface area contributed by atoms with Gasteiger partial charge in [-0.2, -0.15) is 4.98 Å². The molecule has 3 N–H and O–H groups in total. The monoisotopic (exact) mass is 200 g/mol. The highest BCUT2D eigenvalue weighted by Crippen LogP contribution is 2.23. The van der Waals surface area contributed by atoms with Crippen LogP contribution < -0.4 is 15.8 Å². The fourth-order valence-electron chi connectivity index (χ4n) is 0.938. The summed E-state index contributed by atoms with van der Waals surface area (Å²) in [4.78, 5) is 7.71. The minimum Gasteiger partial charge on any atom is -0.476 e. The van der Waals surface area contributed by atoms with Crippen molar-refractivity contribution < 1.29 is 9.13 Å². The number of nitrogens with two attached hydrogens (primary N) is 1. The van der Waals surface area contributed by atoms with E-state index in [0.29, 0.717) is 24.0 Å². The van der Waals surface area contributed by atoms with Crippen LogP contribution in [0.15, 0.2) is 6.33 Å². The van der Waals surface area contributed by atoms with Crippen LogP contribution in [0.2, 0.25) is 0 Å². The summed E-state index contributed by atoms with van der Waals surface area (Å²) in [7, 11) is 0. The summed E-state index contributed by atoms with van der Waals surface area (Å²) in [6, 6.07) is 0. The van der Waals surface area contributed by atoms with Gasteiger partial charge in [0.1, 0.15) is 18.7 Å². The number of rotatable bonds is 5. The van der Waals surface area contributed by atoms with Gasteiger partial charge in [0.25, 0.3) is 0 Å². The Bertz CT molecular complexity index is 295. The van der Waals surface area contributed by atoms with Crippen LogP contribution in [0, 0.1) is 0 Å². The first-order valence-corrected chi connectivity index (χ1v) is 4.32. The Labute approximate surface area is 81.5 Å². The van der Waals surface area contributed by atoms with Crippen molar-refractivity contribution >= 4 is 11.5 Å². The number of halogens is 1. The molecule has 0 aliphatic carbocycles. The Hall–Kier alpha value is -1.59. The Balaban J connectivity index is 2.78. The van der Waals surface area contributed by atoms with Gasteiger partial charge in [-0.05, 0) is 6.92 Å². The predicted molar refractivity (Wildman–Crippen MR) is 52.1 cm³/mol. The molecule has 0 saturated carbocycles. The summed E-state index contributed by atoms with van der Waals surface area (Å²) in [6.45, 7) is 2.00. The highest BCUT2D eigenvalue weighted by molar-refractivity contribution is 5.66. The molecule has 0 spiro atoms. The number of hydrogen-bond acceptors (Lipinski definition) is 5. The summed E-state index contributed by atoms with van der Waals surface area (Å²) in [5.74, 6) is 0.727. The van der Waals surface area contributed by atoms with Gasteiger partial charge in [-0.25, -0.2) is 9.37 Å². The van der Waals surface area contributed by atoms with Crippen molar-refractivity contribution in [1.82, 2.24) is 9.97 Å². The Morgan fingerprint density at radius 2 is 2.36 bits per heavy atom. The van der Waals surface area contributed by atoms with Crippen LogP contribution in [0.4, 0.5) is 15.9 Å². The lowest BCUT2D eigenvalue weighted by atomic mass is 10.4. The van der Waals surface area contributed by atoms with Crippen molar-refractivity contribution in [3.05, 3.63) is 6.33 Å². The average Bonchev–Trinajstić information content (AvgIpc) is 2.20. The molecule has 1 heterocycles. The maximum atomic E-state index is 11.9. The highest BCUT2D eigenvalue weighted by atomic mass is 19.1. The summed E-state index contributed by atoms with van der Waals surface area (Å²) in [6.07, 6.45) is 1.32. The van der Waals surface area contributed by atoms with E-state index < -0.39 is 6.67 Å². The van der Waals surface area contributed by atoms with Crippen molar-refractivity contribution in [3.63, 3.8) is 0 Å². The van der Waals surface area contributed by atoms with Crippen LogP contribution in [0.25, 0.3) is 0 Å². The number of hydrogen-bond donors (Lipinski definition) is 2. The van der Waals surface area contributed by atoms with Gasteiger partial charge in [0.15, 0.2) is 5.82 Å². The molecule has 0 aliphatic heterocycles. The fraction of sp³-hybridized carbons (Fsp3) is 0.500. The minimum atomic E-state index is -0.479. The second-order valence-electron chi connectivity index (χ2n) is 2.49. The Morgan fingerprint density at radius 1 is 1.57 bits per heavy atom. The third-order valence-electron chi connectivity index (χ3n) is 1.52. The Kier molecular flexibility index (Phi) is 3.90. The molecule has 1 aromatic heterocycles. The fourth-order valence-corrected chi connectivity index (χ4v) is 0.938. The molecule has 0 bridgehead atoms. The second-order valence-corrected chi connectivity index (χ2v) is 2.49. The smallest absolute Gasteiger partial charge is 0.242 e. The summed E-state index contributed by atoms with van der Waals surface area (Å²) in [5, 5.41) is 2.73. The molecule has 78 valence electrons. The second kappa shape index (κ2) is 5.21. The summed E-state index contributed by atoms with van der Waals surface area (Å²) in [5.41, 5.74) is 5.98. The average molecular weight is 200 g/mol. The molecule has 0 unspecified atom stereocenters. The normalized spacial score (nSPS) is 9.86. The van der Waals surface area contributed by atoms with E-state index in [1.54, 1.807) is 0 Å². The van der Waals surface area contributed by atoms with E-state index in [4.69, 9.17) is 10.5 Å². The van der Waals surface area contributed by atoms with Gasteiger partial charge in [0.05, 0.1) is 6.61 Å². The third-order valence-corrected chi connectivity index (χ3v) is 1.52. The van der Waals surface area contributed by atoms with Gasteiger partial charge in [-0.1, -0.05) is 0 Å². The first-order chi connectivity index (χ1) is 6.79. The van der Waals surface area contributed by atoms with E-state index in [-0.39, 0.29) is 6.54 Å². The SMILES string of the molecule is CCOc1ncnc(NCCF)c1N. The molecule has 0 aromatic carbocycles. The lowest BCUT2D eigenvalue weighted by Gasteiger charge is -2.09. The van der Waals surface area contributed by atoms with E-state index in [0.717, 1.165) is 0 Å². The van der Waals surface area contributed by atoms with Gasteiger partial charge in [0, 0.05) is 6.54 Å². The first kappa shape index (κ1) is 10.5. The van der Waals surface area contributed by atoms with Gasteiger partial charge < -0.3 is 15.8 Å². The molecule has 5 nitrogen and oxygen atoms in total. The number of nitrogen functional groups attached to an aromatic ring is 1. The van der Waals surface area contributed by atoms with E-state index in [2.05, 4.69) is 15.3 Å². The number of anilines is 2. The van der Waals surface area contributed by atoms with E-state index in [1.807, 2.05) is 6.92 Å². The number of nitrogens with zero attached hydrogens (tertiary/aromatic N) is 2. The predicted octanol–water partition coefficient (Wildman–Crippen LogP) is 0.839. The zero-order valence-electron chi connectivity index (χ0n) is 7.96. The topological polar surface area (TPSA) is 73.1 Å². The van der Waals surface area contributed by atoms with Crippen molar-refractivity contribution in [2.45, 2.75) is 6.92 Å². The van der Waals surface area contributed by atoms with Gasteiger partial charge in [-0.3, -0.25) is 0 Å². The van der Waals surface area contributed by atoms with Crippen LogP contribution >= 0.6 is 0 Å². The van der Waals surface area contributed by atoms with Crippen molar-refractivity contribution in [1.29, 1.82) is 0 Å². The largest absolute Gasteiger partial charge is 0.476 e. The molecule has 0 atom stereocenters. The van der Waals surface area contributed by atoms with Crippen LogP contribution in [-0.2, 0) is 0 Å². The molecule has 6 heteroatoms. The van der Waals surface area contributed by atoms with Gasteiger partial charge in [-0.15, -0.1) is 0 Å². The molecule has 0 fully saturated rings. The van der Waals surface area contributed by atoms with Gasteiger partial charge >= 0.3 is 0 Å². The van der Waals surface area contributed by atoms with Crippen molar-refractivity contribution in [2.75, 3.05) is 30.9 Å². The number of alkyl halides is 1. The molecule has 0 saturated heterocycles. The number of aromatic nitrogens is 2. The summed E-state index contributed by atoms with van der Waals surface area (Å²) < 4.78 is 17.0. The quantitative estimate of drug-likeness (QED) is 0.736. The number of ether oxygens (including phenoxy) is 1. The first-order valence-electron chi connectivity index (χ1n) is 4.32. The summed E-state index contributed by atoms with van der Waals surface area (Å²) >= 11 is 0. The molecule has 0 aliphatic rings. The van der Waals surface area contributed by atoms with E-state index in [1.165, 1.54) is 6.33 Å². The van der Waals surface area contributed by atoms with Crippen LogP contribution in [0.1, 0.15) is 6.92 Å². The maximum Gasteiger partial charge on any atom is 0.242 e. The van der Waals surface area contributed by atoms with E-state index >= 15 is 0 Å². The maximum absolute atomic E-state index is 11.9. The Morgan fingerprint density at radius 3 is 3.00 bits per heavy atom. The zero-order valence-corrected chi connectivity index (χ0v) is 7.96. The standard InChI is InChI=1S/C8H13FN4O/c1-2-14-8-6(10)7(11-4-3-9)12-5-13-8/h5H,2-4,10H2,1H3,(H,11,12,13). The molecule has 0 amide bonds. The third kappa shape index (κ3) is 2.45. The molecule has 1 rings (SSSR count). The number of nitrogens with one attached hydrogen (secondary N) is 1. The van der Waals surface area contributed by atoms with Crippen LogP contribution in [0.3, 0.4) is 0 Å². The zero-order chi connectivity index (χ0) is 10.4. The van der Waals surface area contributed by atoms with Crippen LogP contribution in [0.5, 0.6) is 5.88 Å². The van der Waals surface area contributed by atoms with Crippen molar-refractivity contribution in [3.8, 4) is 5.88 Å². The minimum absolute atomic E-state index is 0.173. The highest BCUT2D eigenvalue weighted by Gasteiger charge is 2.07. The van der Waals surface area contributed by atoms with Gasteiger partial charge in [0.2, 0.25) is 5.88 Å². The van der Waals surface area contributed by atoms with Crippen LogP contribution in [-0.4, -0.2) is 29.8 Å². The lowest BCUT2D eigenvalue weighted by molar-refractivity contribution is 0.328. The molecule has 1 aromatic rings. The molecular weight excluding hydrogens is 187 g/mol. The molecule has 0 radical (unpaired) electrons.